The van der Waals surface area contributed by atoms with Gasteiger partial charge < -0.3 is 74.7 Å². The topological polar surface area (TPSA) is 248 Å². The van der Waals surface area contributed by atoms with E-state index in [-0.39, 0.29) is 0 Å². The molecule has 0 unspecified atom stereocenters. The standard InChI is InChI=1S/C18H32O15/c1-4-7(21)9(23)11(25)17(29-4)33-15-13(27)16(28)30-6(3-20)14(15)32-18-12(26)10(24)8(22)5(2-19)31-18/h4-28H,2-3H2,1H3/t4-,5+,6+,7+,8-,9+,10-,11-,12+,13+,14+,15+,16+,17-,18-/m0/s1. The molecule has 3 fully saturated rings. The third-order valence-electron chi connectivity index (χ3n) is 6.05. The zero-order valence-corrected chi connectivity index (χ0v) is 17.6. The Balaban J connectivity index is 1.83. The maximum absolute atomic E-state index is 10.5. The molecule has 0 aromatic rings. The van der Waals surface area contributed by atoms with E-state index < -0.39 is 105 Å². The summed E-state index contributed by atoms with van der Waals surface area (Å²) in [5, 5.41) is 99.8. The number of ether oxygens (including phenoxy) is 5. The molecule has 15 atom stereocenters. The summed E-state index contributed by atoms with van der Waals surface area (Å²) < 4.78 is 26.9. The van der Waals surface area contributed by atoms with Crippen molar-refractivity contribution in [3.8, 4) is 0 Å². The molecular weight excluding hydrogens is 456 g/mol. The molecule has 0 aliphatic carbocycles. The highest BCUT2D eigenvalue weighted by Gasteiger charge is 2.53. The number of hydrogen-bond acceptors (Lipinski definition) is 15. The first kappa shape index (κ1) is 27.0. The maximum atomic E-state index is 10.5. The highest BCUT2D eigenvalue weighted by molar-refractivity contribution is 4.96. The number of aliphatic hydroxyl groups is 10. The van der Waals surface area contributed by atoms with Gasteiger partial charge in [0.2, 0.25) is 0 Å². The van der Waals surface area contributed by atoms with E-state index in [4.69, 9.17) is 23.7 Å². The van der Waals surface area contributed by atoms with Gasteiger partial charge in [-0.15, -0.1) is 0 Å². The Hall–Kier alpha value is -0.600. The van der Waals surface area contributed by atoms with Crippen molar-refractivity contribution in [1.82, 2.24) is 0 Å². The average Bonchev–Trinajstić information content (AvgIpc) is 2.80. The van der Waals surface area contributed by atoms with Gasteiger partial charge in [-0.1, -0.05) is 0 Å². The fourth-order valence-corrected chi connectivity index (χ4v) is 3.99. The van der Waals surface area contributed by atoms with Crippen molar-refractivity contribution >= 4 is 0 Å². The van der Waals surface area contributed by atoms with E-state index in [0.717, 1.165) is 0 Å². The Morgan fingerprint density at radius 1 is 0.545 bits per heavy atom. The molecule has 10 N–H and O–H groups in total. The van der Waals surface area contributed by atoms with Gasteiger partial charge in [-0.25, -0.2) is 0 Å². The first-order valence-corrected chi connectivity index (χ1v) is 10.4. The lowest BCUT2D eigenvalue weighted by Crippen LogP contribution is -2.66. The zero-order valence-electron chi connectivity index (χ0n) is 17.6. The van der Waals surface area contributed by atoms with Crippen LogP contribution in [0.15, 0.2) is 0 Å². The van der Waals surface area contributed by atoms with E-state index in [2.05, 4.69) is 0 Å². The molecule has 0 amide bonds. The monoisotopic (exact) mass is 488 g/mol. The molecule has 33 heavy (non-hydrogen) atoms. The third-order valence-corrected chi connectivity index (χ3v) is 6.05. The Bertz CT molecular complexity index is 624. The molecule has 0 bridgehead atoms. The first-order valence-electron chi connectivity index (χ1n) is 10.4. The van der Waals surface area contributed by atoms with Gasteiger partial charge in [-0.05, 0) is 6.92 Å². The minimum absolute atomic E-state index is 0.739. The largest absolute Gasteiger partial charge is 0.394 e. The zero-order chi connectivity index (χ0) is 24.6. The van der Waals surface area contributed by atoms with Crippen LogP contribution in [0.4, 0.5) is 0 Å². The molecule has 0 spiro atoms. The van der Waals surface area contributed by atoms with Crippen molar-refractivity contribution in [3.05, 3.63) is 0 Å². The van der Waals surface area contributed by atoms with E-state index in [1.165, 1.54) is 6.92 Å². The van der Waals surface area contributed by atoms with Crippen molar-refractivity contribution in [2.45, 2.75) is 99.0 Å². The van der Waals surface area contributed by atoms with E-state index in [9.17, 15) is 51.1 Å². The van der Waals surface area contributed by atoms with Gasteiger partial charge in [0.05, 0.1) is 19.3 Å². The van der Waals surface area contributed by atoms with Crippen molar-refractivity contribution in [2.24, 2.45) is 0 Å². The van der Waals surface area contributed by atoms with E-state index in [1.807, 2.05) is 0 Å². The second-order valence-electron chi connectivity index (χ2n) is 8.32. The Kier molecular flexibility index (Phi) is 8.99. The molecule has 3 aliphatic heterocycles. The van der Waals surface area contributed by atoms with Gasteiger partial charge in [0, 0.05) is 0 Å². The van der Waals surface area contributed by atoms with E-state index in [0.29, 0.717) is 0 Å². The van der Waals surface area contributed by atoms with Crippen molar-refractivity contribution in [2.75, 3.05) is 13.2 Å². The minimum atomic E-state index is -1.88. The van der Waals surface area contributed by atoms with Gasteiger partial charge in [-0.2, -0.15) is 0 Å². The normalized spacial score (nSPS) is 53.7. The predicted octanol–water partition coefficient (Wildman–Crippen LogP) is -6.55. The first-order chi connectivity index (χ1) is 15.5. The van der Waals surface area contributed by atoms with Crippen molar-refractivity contribution < 1.29 is 74.7 Å². The Labute approximate surface area is 187 Å². The quantitative estimate of drug-likeness (QED) is 0.167. The van der Waals surface area contributed by atoms with E-state index >= 15 is 0 Å². The molecule has 0 aromatic carbocycles. The van der Waals surface area contributed by atoms with Crippen LogP contribution in [-0.4, -0.2) is 156 Å². The van der Waals surface area contributed by atoms with E-state index in [1.54, 1.807) is 0 Å². The van der Waals surface area contributed by atoms with Crippen molar-refractivity contribution in [3.63, 3.8) is 0 Å². The summed E-state index contributed by atoms with van der Waals surface area (Å²) in [6.07, 6.45) is -24.0. The highest BCUT2D eigenvalue weighted by Crippen LogP contribution is 2.32. The third kappa shape index (κ3) is 5.32. The van der Waals surface area contributed by atoms with Crippen LogP contribution in [0.3, 0.4) is 0 Å². The molecule has 3 heterocycles. The summed E-state index contributed by atoms with van der Waals surface area (Å²) in [5.74, 6) is 0. The molecule has 3 rings (SSSR count). The van der Waals surface area contributed by atoms with Crippen LogP contribution in [0.25, 0.3) is 0 Å². The number of rotatable bonds is 6. The number of hydrogen-bond donors (Lipinski definition) is 10. The SMILES string of the molecule is C[C@@H]1O[C@@H](O[C@@H]2[C@@H](O)[C@H](O)O[C@H](CO)[C@H]2O[C@@H]2O[C@H](CO)[C@H](O)[C@H](O)[C@H]2O)[C@@H](O)[C@H](O)[C@@H]1O. The smallest absolute Gasteiger partial charge is 0.187 e. The molecule has 194 valence electrons. The lowest BCUT2D eigenvalue weighted by atomic mass is 9.96. The predicted molar refractivity (Wildman–Crippen MR) is 99.8 cm³/mol. The summed E-state index contributed by atoms with van der Waals surface area (Å²) in [4.78, 5) is 0. The summed E-state index contributed by atoms with van der Waals surface area (Å²) in [6.45, 7) is -0.127. The van der Waals surface area contributed by atoms with Crippen LogP contribution in [0, 0.1) is 0 Å². The fraction of sp³-hybridized carbons (Fsp3) is 1.00. The van der Waals surface area contributed by atoms with Gasteiger partial charge in [0.15, 0.2) is 18.9 Å². The second kappa shape index (κ2) is 11.0. The molecule has 3 aliphatic rings. The molecule has 0 radical (unpaired) electrons. The van der Waals surface area contributed by atoms with Crippen molar-refractivity contribution in [1.29, 1.82) is 0 Å². The summed E-state index contributed by atoms with van der Waals surface area (Å²) in [6, 6.07) is 0. The van der Waals surface area contributed by atoms with Crippen LogP contribution in [0.1, 0.15) is 6.92 Å². The highest BCUT2D eigenvalue weighted by atomic mass is 16.8. The maximum Gasteiger partial charge on any atom is 0.187 e. The average molecular weight is 488 g/mol. The summed E-state index contributed by atoms with van der Waals surface area (Å²) in [7, 11) is 0. The Morgan fingerprint density at radius 3 is 1.64 bits per heavy atom. The van der Waals surface area contributed by atoms with Crippen LogP contribution >= 0.6 is 0 Å². The van der Waals surface area contributed by atoms with Gasteiger partial charge in [-0.3, -0.25) is 0 Å². The molecule has 0 saturated carbocycles. The van der Waals surface area contributed by atoms with Gasteiger partial charge in [0.25, 0.3) is 0 Å². The summed E-state index contributed by atoms with van der Waals surface area (Å²) in [5.41, 5.74) is 0. The van der Waals surface area contributed by atoms with Crippen LogP contribution in [0.5, 0.6) is 0 Å². The molecular formula is C18H32O15. The lowest BCUT2D eigenvalue weighted by molar-refractivity contribution is -0.382. The van der Waals surface area contributed by atoms with Crippen LogP contribution in [-0.2, 0) is 23.7 Å². The van der Waals surface area contributed by atoms with Crippen LogP contribution < -0.4 is 0 Å². The lowest BCUT2D eigenvalue weighted by Gasteiger charge is -2.48. The Morgan fingerprint density at radius 2 is 1.06 bits per heavy atom. The summed E-state index contributed by atoms with van der Waals surface area (Å²) >= 11 is 0. The fourth-order valence-electron chi connectivity index (χ4n) is 3.99. The molecule has 3 saturated heterocycles. The molecule has 15 heteroatoms. The van der Waals surface area contributed by atoms with Crippen LogP contribution in [0.2, 0.25) is 0 Å². The van der Waals surface area contributed by atoms with Gasteiger partial charge in [0.1, 0.15) is 67.1 Å². The minimum Gasteiger partial charge on any atom is -0.394 e. The van der Waals surface area contributed by atoms with Gasteiger partial charge >= 0.3 is 0 Å². The second-order valence-corrected chi connectivity index (χ2v) is 8.32. The number of aliphatic hydroxyl groups excluding tert-OH is 10. The molecule has 15 nitrogen and oxygen atoms in total. The molecule has 0 aromatic heterocycles.